The third-order valence-electron chi connectivity index (χ3n) is 4.47. The molecule has 0 saturated heterocycles. The fourth-order valence-corrected chi connectivity index (χ4v) is 3.03. The molecule has 1 heterocycles. The van der Waals surface area contributed by atoms with Gasteiger partial charge in [-0.15, -0.1) is 0 Å². The number of anilines is 2. The minimum absolute atomic E-state index is 0.0202. The highest BCUT2D eigenvalue weighted by molar-refractivity contribution is 6.00. The molecule has 0 saturated carbocycles. The zero-order chi connectivity index (χ0) is 20.1. The first kappa shape index (κ1) is 19.4. The quantitative estimate of drug-likeness (QED) is 0.637. The zero-order valence-electron chi connectivity index (χ0n) is 15.6. The number of benzene rings is 2. The Balaban J connectivity index is 1.48. The molecule has 0 unspecified atom stereocenters. The normalized spacial score (nSPS) is 12.7. The number of aryl methyl sites for hydroxylation is 2. The molecule has 0 aliphatic carbocycles. The third-order valence-corrected chi connectivity index (χ3v) is 4.47. The van der Waals surface area contributed by atoms with Gasteiger partial charge in [-0.2, -0.15) is 0 Å². The molecule has 0 aromatic heterocycles. The fraction of sp³-hybridized carbons (Fsp3) is 0.286. The predicted octanol–water partition coefficient (Wildman–Crippen LogP) is 3.38. The summed E-state index contributed by atoms with van der Waals surface area (Å²) < 4.78 is 5.69. The molecule has 146 valence electrons. The van der Waals surface area contributed by atoms with E-state index in [1.54, 1.807) is 25.1 Å². The third kappa shape index (κ3) is 4.88. The van der Waals surface area contributed by atoms with Crippen molar-refractivity contribution in [2.45, 2.75) is 32.6 Å². The lowest BCUT2D eigenvalue weighted by Crippen LogP contribution is -2.18. The van der Waals surface area contributed by atoms with Gasteiger partial charge >= 0.3 is 5.97 Å². The minimum atomic E-state index is -1.08. The van der Waals surface area contributed by atoms with Gasteiger partial charge in [0.05, 0.1) is 17.9 Å². The monoisotopic (exact) mass is 382 g/mol. The van der Waals surface area contributed by atoms with Crippen LogP contribution in [0.4, 0.5) is 11.4 Å². The lowest BCUT2D eigenvalue weighted by Gasteiger charge is -2.17. The van der Waals surface area contributed by atoms with E-state index in [2.05, 4.69) is 10.6 Å². The summed E-state index contributed by atoms with van der Waals surface area (Å²) in [7, 11) is 0. The van der Waals surface area contributed by atoms with Crippen molar-refractivity contribution >= 4 is 29.2 Å². The van der Waals surface area contributed by atoms with Crippen molar-refractivity contribution < 1.29 is 24.2 Å². The second-order valence-corrected chi connectivity index (χ2v) is 6.72. The lowest BCUT2D eigenvalue weighted by atomic mass is 10.0. The summed E-state index contributed by atoms with van der Waals surface area (Å²) in [5.74, 6) is -0.622. The first-order chi connectivity index (χ1) is 13.4. The second-order valence-electron chi connectivity index (χ2n) is 6.72. The van der Waals surface area contributed by atoms with Crippen LogP contribution in [0.1, 0.15) is 40.7 Å². The van der Waals surface area contributed by atoms with Gasteiger partial charge in [-0.1, -0.05) is 11.6 Å². The number of carboxylic acids is 1. The predicted molar refractivity (Wildman–Crippen MR) is 105 cm³/mol. The van der Waals surface area contributed by atoms with Crippen molar-refractivity contribution in [3.05, 3.63) is 53.1 Å². The van der Waals surface area contributed by atoms with Crippen LogP contribution in [0.5, 0.6) is 5.75 Å². The SMILES string of the molecule is Cc1ccc(NC(=O)CCCOc2ccc3c(c2)CCC(=O)N3)c(C(=O)O)c1. The van der Waals surface area contributed by atoms with E-state index in [1.165, 1.54) is 6.07 Å². The maximum Gasteiger partial charge on any atom is 0.337 e. The number of fused-ring (bicyclic) bond motifs is 1. The summed E-state index contributed by atoms with van der Waals surface area (Å²) in [4.78, 5) is 34.8. The van der Waals surface area contributed by atoms with Gasteiger partial charge in [0.1, 0.15) is 5.75 Å². The van der Waals surface area contributed by atoms with Crippen molar-refractivity contribution in [2.24, 2.45) is 0 Å². The van der Waals surface area contributed by atoms with E-state index in [-0.39, 0.29) is 23.8 Å². The van der Waals surface area contributed by atoms with Gasteiger partial charge in [-0.05, 0) is 55.7 Å². The van der Waals surface area contributed by atoms with Gasteiger partial charge in [0, 0.05) is 18.5 Å². The Labute approximate surface area is 162 Å². The topological polar surface area (TPSA) is 105 Å². The second kappa shape index (κ2) is 8.56. The smallest absolute Gasteiger partial charge is 0.337 e. The van der Waals surface area contributed by atoms with Gasteiger partial charge in [0.15, 0.2) is 0 Å². The molecule has 0 radical (unpaired) electrons. The van der Waals surface area contributed by atoms with E-state index in [0.29, 0.717) is 37.3 Å². The van der Waals surface area contributed by atoms with E-state index in [0.717, 1.165) is 16.8 Å². The van der Waals surface area contributed by atoms with E-state index in [4.69, 9.17) is 4.74 Å². The average Bonchev–Trinajstić information content (AvgIpc) is 2.66. The number of rotatable bonds is 7. The number of carbonyl (C=O) groups excluding carboxylic acids is 2. The summed E-state index contributed by atoms with van der Waals surface area (Å²) in [5, 5.41) is 14.7. The molecule has 2 amide bonds. The van der Waals surface area contributed by atoms with Crippen LogP contribution in [0.3, 0.4) is 0 Å². The first-order valence-electron chi connectivity index (χ1n) is 9.12. The summed E-state index contributed by atoms with van der Waals surface area (Å²) in [6.07, 6.45) is 1.86. The van der Waals surface area contributed by atoms with E-state index in [1.807, 2.05) is 12.1 Å². The number of amides is 2. The molecule has 2 aromatic carbocycles. The summed E-state index contributed by atoms with van der Waals surface area (Å²) in [6.45, 7) is 2.16. The van der Waals surface area contributed by atoms with Crippen molar-refractivity contribution in [1.82, 2.24) is 0 Å². The highest BCUT2D eigenvalue weighted by Crippen LogP contribution is 2.27. The van der Waals surface area contributed by atoms with Crippen LogP contribution in [0, 0.1) is 6.92 Å². The standard InChI is InChI=1S/C21H22N2O5/c1-13-4-7-18(16(11-13)21(26)27)23-19(24)3-2-10-28-15-6-8-17-14(12-15)5-9-20(25)22-17/h4,6-8,11-12H,2-3,5,9-10H2,1H3,(H,22,25)(H,23,24)(H,26,27). The Hall–Kier alpha value is -3.35. The zero-order valence-corrected chi connectivity index (χ0v) is 15.6. The molecule has 3 rings (SSSR count). The summed E-state index contributed by atoms with van der Waals surface area (Å²) >= 11 is 0. The van der Waals surface area contributed by atoms with Gasteiger partial charge in [-0.3, -0.25) is 9.59 Å². The molecule has 28 heavy (non-hydrogen) atoms. The van der Waals surface area contributed by atoms with Crippen LogP contribution >= 0.6 is 0 Å². The van der Waals surface area contributed by atoms with E-state index < -0.39 is 5.97 Å². The van der Waals surface area contributed by atoms with Crippen molar-refractivity contribution in [2.75, 3.05) is 17.2 Å². The van der Waals surface area contributed by atoms with Crippen molar-refractivity contribution in [1.29, 1.82) is 0 Å². The molecular weight excluding hydrogens is 360 g/mol. The fourth-order valence-electron chi connectivity index (χ4n) is 3.03. The van der Waals surface area contributed by atoms with Crippen LogP contribution in [-0.2, 0) is 16.0 Å². The molecule has 2 aromatic rings. The maximum atomic E-state index is 12.1. The molecule has 1 aliphatic rings. The Bertz CT molecular complexity index is 923. The van der Waals surface area contributed by atoms with E-state index >= 15 is 0 Å². The number of hydrogen-bond donors (Lipinski definition) is 3. The maximum absolute atomic E-state index is 12.1. The van der Waals surface area contributed by atoms with Crippen LogP contribution in [0.2, 0.25) is 0 Å². The molecule has 7 nitrogen and oxygen atoms in total. The molecular formula is C21H22N2O5. The first-order valence-corrected chi connectivity index (χ1v) is 9.12. The summed E-state index contributed by atoms with van der Waals surface area (Å²) in [5.41, 5.74) is 3.03. The number of aromatic carboxylic acids is 1. The van der Waals surface area contributed by atoms with Crippen LogP contribution in [0.25, 0.3) is 0 Å². The average molecular weight is 382 g/mol. The van der Waals surface area contributed by atoms with E-state index in [9.17, 15) is 19.5 Å². The largest absolute Gasteiger partial charge is 0.494 e. The number of carboxylic acid groups (broad SMARTS) is 1. The summed E-state index contributed by atoms with van der Waals surface area (Å²) in [6, 6.07) is 10.4. The van der Waals surface area contributed by atoms with Gasteiger partial charge in [-0.25, -0.2) is 4.79 Å². The minimum Gasteiger partial charge on any atom is -0.494 e. The van der Waals surface area contributed by atoms with Crippen LogP contribution in [0.15, 0.2) is 36.4 Å². The van der Waals surface area contributed by atoms with Gasteiger partial charge in [0.2, 0.25) is 11.8 Å². The highest BCUT2D eigenvalue weighted by Gasteiger charge is 2.15. The van der Waals surface area contributed by atoms with Gasteiger partial charge < -0.3 is 20.5 Å². The molecule has 1 aliphatic heterocycles. The highest BCUT2D eigenvalue weighted by atomic mass is 16.5. The van der Waals surface area contributed by atoms with Crippen molar-refractivity contribution in [3.8, 4) is 5.75 Å². The molecule has 0 atom stereocenters. The van der Waals surface area contributed by atoms with Crippen molar-refractivity contribution in [3.63, 3.8) is 0 Å². The number of ether oxygens (including phenoxy) is 1. The molecule has 7 heteroatoms. The Morgan fingerprint density at radius 1 is 1.18 bits per heavy atom. The Kier molecular flexibility index (Phi) is 5.93. The Morgan fingerprint density at radius 2 is 2.00 bits per heavy atom. The molecule has 0 spiro atoms. The number of carbonyl (C=O) groups is 3. The number of hydrogen-bond acceptors (Lipinski definition) is 4. The number of nitrogens with one attached hydrogen (secondary N) is 2. The molecule has 3 N–H and O–H groups in total. The lowest BCUT2D eigenvalue weighted by molar-refractivity contribution is -0.117. The molecule has 0 bridgehead atoms. The van der Waals surface area contributed by atoms with Crippen LogP contribution < -0.4 is 15.4 Å². The Morgan fingerprint density at radius 3 is 2.79 bits per heavy atom. The molecule has 0 fully saturated rings. The van der Waals surface area contributed by atoms with Crippen LogP contribution in [-0.4, -0.2) is 29.5 Å². The van der Waals surface area contributed by atoms with Gasteiger partial charge in [0.25, 0.3) is 0 Å².